The van der Waals surface area contributed by atoms with Crippen LogP contribution in [0.3, 0.4) is 0 Å². The number of carbonyl (C=O) groups excluding carboxylic acids is 1. The molecule has 2 aromatic heterocycles. The number of nitrogens with one attached hydrogen (secondary N) is 1. The van der Waals surface area contributed by atoms with Crippen LogP contribution in [0.5, 0.6) is 0 Å². The van der Waals surface area contributed by atoms with Gasteiger partial charge in [0.15, 0.2) is 5.13 Å². The molecule has 0 saturated carbocycles. The molecule has 0 radical (unpaired) electrons. The van der Waals surface area contributed by atoms with E-state index in [4.69, 9.17) is 23.2 Å². The molecule has 1 N–H and O–H groups in total. The molecule has 3 rings (SSSR count). The number of aromatic nitrogens is 2. The highest BCUT2D eigenvalue weighted by Gasteiger charge is 2.33. The SMILES string of the molecule is Cc1nc(C(F)(F)F)ccc1C(=O)Nc1nc(-c2cc(Cl)ccc2Cl)cs1. The first kappa shape index (κ1) is 19.6. The second-order valence-corrected chi connectivity index (χ2v) is 7.15. The Balaban J connectivity index is 1.81. The summed E-state index contributed by atoms with van der Waals surface area (Å²) in [6.07, 6.45) is -4.57. The van der Waals surface area contributed by atoms with Crippen LogP contribution in [0.25, 0.3) is 11.3 Å². The summed E-state index contributed by atoms with van der Waals surface area (Å²) in [5.41, 5.74) is 0.0690. The van der Waals surface area contributed by atoms with E-state index in [1.165, 1.54) is 6.92 Å². The van der Waals surface area contributed by atoms with Gasteiger partial charge in [0.05, 0.1) is 22.0 Å². The van der Waals surface area contributed by atoms with Crippen molar-refractivity contribution in [3.8, 4) is 11.3 Å². The van der Waals surface area contributed by atoms with E-state index in [0.717, 1.165) is 23.5 Å². The number of hydrogen-bond acceptors (Lipinski definition) is 4. The number of amides is 1. The Bertz CT molecular complexity index is 1020. The average Bonchev–Trinajstić information content (AvgIpc) is 3.04. The second-order valence-electron chi connectivity index (χ2n) is 5.44. The topological polar surface area (TPSA) is 54.9 Å². The van der Waals surface area contributed by atoms with E-state index in [1.54, 1.807) is 23.6 Å². The molecular weight excluding hydrogens is 422 g/mol. The third-order valence-corrected chi connectivity index (χ3v) is 4.87. The van der Waals surface area contributed by atoms with E-state index >= 15 is 0 Å². The molecule has 140 valence electrons. The standard InChI is InChI=1S/C17H10Cl2F3N3OS/c1-8-10(3-5-14(23-8)17(20,21)22)15(26)25-16-24-13(7-27-16)11-6-9(18)2-4-12(11)19/h2-7H,1H3,(H,24,25,26). The fourth-order valence-corrected chi connectivity index (χ4v) is 3.36. The van der Waals surface area contributed by atoms with E-state index in [1.807, 2.05) is 0 Å². The van der Waals surface area contributed by atoms with Crippen molar-refractivity contribution in [3.05, 3.63) is 62.7 Å². The zero-order valence-corrected chi connectivity index (χ0v) is 15.9. The number of carbonyl (C=O) groups is 1. The van der Waals surface area contributed by atoms with Crippen LogP contribution < -0.4 is 5.32 Å². The van der Waals surface area contributed by atoms with Gasteiger partial charge < -0.3 is 0 Å². The number of halogens is 5. The van der Waals surface area contributed by atoms with Crippen LogP contribution in [-0.2, 0) is 6.18 Å². The lowest BCUT2D eigenvalue weighted by Crippen LogP contribution is -2.16. The molecule has 1 amide bonds. The number of nitrogens with zero attached hydrogens (tertiary/aromatic N) is 2. The molecule has 0 saturated heterocycles. The van der Waals surface area contributed by atoms with Crippen molar-refractivity contribution in [2.24, 2.45) is 0 Å². The van der Waals surface area contributed by atoms with Gasteiger partial charge in [-0.3, -0.25) is 10.1 Å². The molecule has 1 aromatic carbocycles. The van der Waals surface area contributed by atoms with E-state index < -0.39 is 17.8 Å². The predicted molar refractivity (Wildman–Crippen MR) is 99.5 cm³/mol. The number of anilines is 1. The molecule has 0 fully saturated rings. The molecule has 0 atom stereocenters. The number of pyridine rings is 1. The molecule has 0 bridgehead atoms. The maximum Gasteiger partial charge on any atom is 0.433 e. The van der Waals surface area contributed by atoms with Crippen LogP contribution >= 0.6 is 34.5 Å². The Hall–Kier alpha value is -2.16. The third-order valence-electron chi connectivity index (χ3n) is 3.55. The quantitative estimate of drug-likeness (QED) is 0.545. The first-order valence-corrected chi connectivity index (χ1v) is 9.06. The van der Waals surface area contributed by atoms with Gasteiger partial charge in [0.1, 0.15) is 5.69 Å². The average molecular weight is 432 g/mol. The number of benzene rings is 1. The van der Waals surface area contributed by atoms with E-state index in [0.29, 0.717) is 21.3 Å². The zero-order chi connectivity index (χ0) is 19.8. The lowest BCUT2D eigenvalue weighted by atomic mass is 10.1. The van der Waals surface area contributed by atoms with Crippen LogP contribution in [0.15, 0.2) is 35.7 Å². The Labute approximate surface area is 166 Å². The summed E-state index contributed by atoms with van der Waals surface area (Å²) in [5.74, 6) is -0.605. The molecule has 27 heavy (non-hydrogen) atoms. The van der Waals surface area contributed by atoms with Gasteiger partial charge >= 0.3 is 6.18 Å². The smallest absolute Gasteiger partial charge is 0.298 e. The predicted octanol–water partition coefficient (Wildman–Crippen LogP) is 6.09. The van der Waals surface area contributed by atoms with Crippen molar-refractivity contribution in [1.29, 1.82) is 0 Å². The summed E-state index contributed by atoms with van der Waals surface area (Å²) < 4.78 is 38.0. The molecule has 0 unspecified atom stereocenters. The number of thiazole rings is 1. The van der Waals surface area contributed by atoms with Gasteiger partial charge in [-0.1, -0.05) is 23.2 Å². The minimum absolute atomic E-state index is 0.0283. The van der Waals surface area contributed by atoms with Gasteiger partial charge in [-0.05, 0) is 37.3 Å². The maximum absolute atomic E-state index is 12.7. The second kappa shape index (κ2) is 7.46. The molecule has 0 aliphatic heterocycles. The van der Waals surface area contributed by atoms with E-state index in [9.17, 15) is 18.0 Å². The number of rotatable bonds is 3. The number of hydrogen-bond donors (Lipinski definition) is 1. The minimum atomic E-state index is -4.57. The highest BCUT2D eigenvalue weighted by molar-refractivity contribution is 7.14. The van der Waals surface area contributed by atoms with Crippen molar-refractivity contribution < 1.29 is 18.0 Å². The van der Waals surface area contributed by atoms with Crippen LogP contribution in [0, 0.1) is 6.92 Å². The number of aryl methyl sites for hydroxylation is 1. The summed E-state index contributed by atoms with van der Waals surface area (Å²) in [7, 11) is 0. The summed E-state index contributed by atoms with van der Waals surface area (Å²) in [6.45, 7) is 1.34. The number of alkyl halides is 3. The van der Waals surface area contributed by atoms with Gasteiger partial charge in [0.25, 0.3) is 5.91 Å². The van der Waals surface area contributed by atoms with Crippen LogP contribution in [0.4, 0.5) is 18.3 Å². The fraction of sp³-hybridized carbons (Fsp3) is 0.118. The highest BCUT2D eigenvalue weighted by atomic mass is 35.5. The lowest BCUT2D eigenvalue weighted by Gasteiger charge is -2.09. The lowest BCUT2D eigenvalue weighted by molar-refractivity contribution is -0.141. The van der Waals surface area contributed by atoms with Gasteiger partial charge in [-0.15, -0.1) is 11.3 Å². The summed E-state index contributed by atoms with van der Waals surface area (Å²) in [5, 5.41) is 5.44. The molecule has 4 nitrogen and oxygen atoms in total. The molecule has 2 heterocycles. The largest absolute Gasteiger partial charge is 0.433 e. The molecule has 0 spiro atoms. The Morgan fingerprint density at radius 3 is 2.56 bits per heavy atom. The van der Waals surface area contributed by atoms with Crippen molar-refractivity contribution in [1.82, 2.24) is 9.97 Å². The van der Waals surface area contributed by atoms with Crippen molar-refractivity contribution in [2.75, 3.05) is 5.32 Å². The van der Waals surface area contributed by atoms with Crippen molar-refractivity contribution in [2.45, 2.75) is 13.1 Å². The van der Waals surface area contributed by atoms with Crippen LogP contribution in [-0.4, -0.2) is 15.9 Å². The van der Waals surface area contributed by atoms with Gasteiger partial charge in [0.2, 0.25) is 0 Å². The molecule has 10 heteroatoms. The van der Waals surface area contributed by atoms with Crippen LogP contribution in [0.2, 0.25) is 10.0 Å². The zero-order valence-electron chi connectivity index (χ0n) is 13.6. The van der Waals surface area contributed by atoms with Crippen LogP contribution in [0.1, 0.15) is 21.7 Å². The molecule has 0 aliphatic rings. The van der Waals surface area contributed by atoms with Gasteiger partial charge in [-0.2, -0.15) is 13.2 Å². The first-order valence-electron chi connectivity index (χ1n) is 7.42. The monoisotopic (exact) mass is 431 g/mol. The van der Waals surface area contributed by atoms with E-state index in [2.05, 4.69) is 15.3 Å². The fourth-order valence-electron chi connectivity index (χ4n) is 2.27. The van der Waals surface area contributed by atoms with Gasteiger partial charge in [0, 0.05) is 16.0 Å². The molecule has 3 aromatic rings. The van der Waals surface area contributed by atoms with E-state index in [-0.39, 0.29) is 16.4 Å². The minimum Gasteiger partial charge on any atom is -0.298 e. The summed E-state index contributed by atoms with van der Waals surface area (Å²) in [6, 6.07) is 6.77. The molecule has 0 aliphatic carbocycles. The van der Waals surface area contributed by atoms with Crippen molar-refractivity contribution in [3.63, 3.8) is 0 Å². The Morgan fingerprint density at radius 1 is 1.15 bits per heavy atom. The normalized spacial score (nSPS) is 11.5. The van der Waals surface area contributed by atoms with Crippen molar-refractivity contribution >= 4 is 45.6 Å². The molecular formula is C17H10Cl2F3N3OS. The maximum atomic E-state index is 12.7. The Kier molecular flexibility index (Phi) is 5.41. The Morgan fingerprint density at radius 2 is 1.89 bits per heavy atom. The van der Waals surface area contributed by atoms with Gasteiger partial charge in [-0.25, -0.2) is 9.97 Å². The third kappa shape index (κ3) is 4.40. The summed E-state index contributed by atoms with van der Waals surface area (Å²) in [4.78, 5) is 20.1. The highest BCUT2D eigenvalue weighted by Crippen LogP contribution is 2.33. The first-order chi connectivity index (χ1) is 12.6. The summed E-state index contributed by atoms with van der Waals surface area (Å²) >= 11 is 13.2.